The summed E-state index contributed by atoms with van der Waals surface area (Å²) in [4.78, 5) is 0. The first kappa shape index (κ1) is 21.4. The van der Waals surface area contributed by atoms with Crippen LogP contribution in [0.1, 0.15) is 87.5 Å². The molecular weight excluding hydrogens is 338 g/mol. The molecule has 27 heavy (non-hydrogen) atoms. The molecule has 2 aliphatic heterocycles. The van der Waals surface area contributed by atoms with Crippen LogP contribution in [0.4, 0.5) is 0 Å². The van der Waals surface area contributed by atoms with Gasteiger partial charge < -0.3 is 18.6 Å². The van der Waals surface area contributed by atoms with Crippen molar-refractivity contribution in [2.45, 2.75) is 116 Å². The molecule has 1 atom stereocenters. The van der Waals surface area contributed by atoms with E-state index in [0.29, 0.717) is 5.92 Å². The van der Waals surface area contributed by atoms with Gasteiger partial charge in [0, 0.05) is 5.82 Å². The Labute approximate surface area is 167 Å². The average Bonchev–Trinajstić information content (AvgIpc) is 2.88. The van der Waals surface area contributed by atoms with Crippen molar-refractivity contribution in [2.24, 2.45) is 5.92 Å². The maximum Gasteiger partial charge on any atom is 0.489 e. The molecule has 0 aromatic carbocycles. The van der Waals surface area contributed by atoms with Crippen LogP contribution in [-0.4, -0.2) is 36.6 Å². The lowest BCUT2D eigenvalue weighted by Crippen LogP contribution is -2.41. The first-order chi connectivity index (χ1) is 12.3. The van der Waals surface area contributed by atoms with Gasteiger partial charge in [0.1, 0.15) is 0 Å². The summed E-state index contributed by atoms with van der Waals surface area (Å²) >= 11 is 0. The van der Waals surface area contributed by atoms with Crippen LogP contribution in [0, 0.1) is 5.92 Å². The minimum Gasteiger partial charge on any atom is -0.403 e. The maximum atomic E-state index is 6.47. The molecule has 0 aromatic rings. The van der Waals surface area contributed by atoms with Crippen LogP contribution < -0.4 is 0 Å². The largest absolute Gasteiger partial charge is 0.489 e. The van der Waals surface area contributed by atoms with E-state index in [2.05, 4.69) is 62.0 Å². The second kappa shape index (κ2) is 6.90. The van der Waals surface area contributed by atoms with Gasteiger partial charge in [0.25, 0.3) is 0 Å². The quantitative estimate of drug-likeness (QED) is 0.631. The minimum absolute atomic E-state index is 0.0843. The number of rotatable bonds is 4. The van der Waals surface area contributed by atoms with E-state index >= 15 is 0 Å². The summed E-state index contributed by atoms with van der Waals surface area (Å²) in [6, 6.07) is 0. The Hall–Kier alpha value is -0.290. The van der Waals surface area contributed by atoms with E-state index in [1.165, 1.54) is 32.1 Å². The first-order valence-electron chi connectivity index (χ1n) is 10.7. The summed E-state index contributed by atoms with van der Waals surface area (Å²) in [5.41, 5.74) is -0.456. The van der Waals surface area contributed by atoms with Crippen LogP contribution in [0.5, 0.6) is 0 Å². The van der Waals surface area contributed by atoms with Crippen molar-refractivity contribution >= 4 is 14.2 Å². The minimum atomic E-state index is -0.416. The molecule has 1 aliphatic carbocycles. The molecule has 0 unspecified atom stereocenters. The molecule has 0 aromatic heterocycles. The highest BCUT2D eigenvalue weighted by atomic mass is 16.7. The van der Waals surface area contributed by atoms with Crippen molar-refractivity contribution in [1.29, 1.82) is 0 Å². The second-order valence-corrected chi connectivity index (χ2v) is 10.7. The number of allylic oxidation sites excluding steroid dienone is 1. The van der Waals surface area contributed by atoms with Crippen molar-refractivity contribution in [3.8, 4) is 0 Å². The predicted molar refractivity (Wildman–Crippen MR) is 112 cm³/mol. The van der Waals surface area contributed by atoms with Crippen LogP contribution in [0.15, 0.2) is 12.1 Å². The Morgan fingerprint density at radius 3 is 1.59 bits per heavy atom. The van der Waals surface area contributed by atoms with E-state index in [9.17, 15) is 0 Å². The third-order valence-corrected chi connectivity index (χ3v) is 7.71. The number of hydrogen-bond donors (Lipinski definition) is 0. The lowest BCUT2D eigenvalue weighted by molar-refractivity contribution is 0.00578. The maximum absolute atomic E-state index is 6.47. The zero-order valence-electron chi connectivity index (χ0n) is 18.7. The number of hydrogen-bond acceptors (Lipinski definition) is 4. The highest BCUT2D eigenvalue weighted by molar-refractivity contribution is 6.60. The Kier molecular flexibility index (Phi) is 5.47. The van der Waals surface area contributed by atoms with Crippen LogP contribution in [0.2, 0.25) is 5.82 Å². The van der Waals surface area contributed by atoms with E-state index < -0.39 is 7.12 Å². The summed E-state index contributed by atoms with van der Waals surface area (Å²) in [6.07, 6.45) is 6.21. The Balaban J connectivity index is 1.86. The molecule has 0 N–H and O–H groups in total. The molecule has 0 bridgehead atoms. The molecule has 4 nitrogen and oxygen atoms in total. The van der Waals surface area contributed by atoms with Gasteiger partial charge in [-0.25, -0.2) is 0 Å². The standard InChI is InChI=1S/C21H38B2O4/c1-15(22-24-18(2,3)19(4,5)25-22)17(16-13-11-10-12-14-16)23-26-20(6,7)21(8,9)27-23/h16-17H,1,10-14H2,2-9H3/t17-/m0/s1. The molecule has 3 rings (SSSR count). The average molecular weight is 376 g/mol. The van der Waals surface area contributed by atoms with E-state index in [-0.39, 0.29) is 35.3 Å². The zero-order valence-corrected chi connectivity index (χ0v) is 18.7. The molecule has 3 fully saturated rings. The predicted octanol–water partition coefficient (Wildman–Crippen LogP) is 5.22. The molecule has 1 saturated carbocycles. The van der Waals surface area contributed by atoms with Gasteiger partial charge in [0.15, 0.2) is 0 Å². The summed E-state index contributed by atoms with van der Waals surface area (Å²) in [7, 11) is -0.717. The molecule has 3 aliphatic rings. The third-order valence-electron chi connectivity index (χ3n) is 7.71. The van der Waals surface area contributed by atoms with Gasteiger partial charge in [0.05, 0.1) is 22.4 Å². The zero-order chi connectivity index (χ0) is 20.3. The van der Waals surface area contributed by atoms with Crippen LogP contribution in [-0.2, 0) is 18.6 Å². The highest BCUT2D eigenvalue weighted by Crippen LogP contribution is 2.49. The molecule has 0 spiro atoms. The topological polar surface area (TPSA) is 36.9 Å². The Bertz CT molecular complexity index is 547. The second-order valence-electron chi connectivity index (χ2n) is 10.7. The molecule has 6 heteroatoms. The Morgan fingerprint density at radius 1 is 0.741 bits per heavy atom. The van der Waals surface area contributed by atoms with Crippen molar-refractivity contribution in [2.75, 3.05) is 0 Å². The fourth-order valence-electron chi connectivity index (χ4n) is 4.38. The molecular formula is C21H38B2O4. The smallest absolute Gasteiger partial charge is 0.403 e. The fourth-order valence-corrected chi connectivity index (χ4v) is 4.38. The third kappa shape index (κ3) is 3.80. The van der Waals surface area contributed by atoms with Gasteiger partial charge in [-0.1, -0.05) is 32.1 Å². The normalized spacial score (nSPS) is 30.5. The van der Waals surface area contributed by atoms with Gasteiger partial charge >= 0.3 is 14.2 Å². The summed E-state index contributed by atoms with van der Waals surface area (Å²) in [5.74, 6) is 0.584. The lowest BCUT2D eigenvalue weighted by Gasteiger charge is -2.33. The highest BCUT2D eigenvalue weighted by Gasteiger charge is 2.59. The van der Waals surface area contributed by atoms with Crippen molar-refractivity contribution in [1.82, 2.24) is 0 Å². The van der Waals surface area contributed by atoms with Gasteiger partial charge in [-0.15, -0.1) is 6.58 Å². The molecule has 152 valence electrons. The SMILES string of the molecule is C=C(B1OC(C)(C)C(C)(C)O1)[C@H](B1OC(C)(C)C(C)(C)O1)C1CCCCC1. The van der Waals surface area contributed by atoms with Gasteiger partial charge in [-0.2, -0.15) is 0 Å². The molecule has 2 heterocycles. The molecule has 0 radical (unpaired) electrons. The van der Waals surface area contributed by atoms with E-state index in [1.54, 1.807) is 0 Å². The van der Waals surface area contributed by atoms with Gasteiger partial charge in [-0.3, -0.25) is 0 Å². The summed E-state index contributed by atoms with van der Waals surface area (Å²) < 4.78 is 25.6. The van der Waals surface area contributed by atoms with Crippen molar-refractivity contribution < 1.29 is 18.6 Å². The van der Waals surface area contributed by atoms with E-state index in [1.807, 2.05) is 0 Å². The molecule has 2 saturated heterocycles. The van der Waals surface area contributed by atoms with Gasteiger partial charge in [0.2, 0.25) is 0 Å². The lowest BCUT2D eigenvalue weighted by atomic mass is 9.51. The van der Waals surface area contributed by atoms with Crippen molar-refractivity contribution in [3.05, 3.63) is 12.1 Å². The summed E-state index contributed by atoms with van der Waals surface area (Å²) in [5, 5.41) is 0. The van der Waals surface area contributed by atoms with Crippen LogP contribution in [0.3, 0.4) is 0 Å². The van der Waals surface area contributed by atoms with Crippen LogP contribution >= 0.6 is 0 Å². The first-order valence-corrected chi connectivity index (χ1v) is 10.7. The fraction of sp³-hybridized carbons (Fsp3) is 0.905. The van der Waals surface area contributed by atoms with E-state index in [4.69, 9.17) is 18.6 Å². The van der Waals surface area contributed by atoms with Gasteiger partial charge in [-0.05, 0) is 66.8 Å². The van der Waals surface area contributed by atoms with Crippen molar-refractivity contribution in [3.63, 3.8) is 0 Å². The molecule has 0 amide bonds. The monoisotopic (exact) mass is 376 g/mol. The summed E-state index contributed by atoms with van der Waals surface area (Å²) in [6.45, 7) is 21.3. The van der Waals surface area contributed by atoms with E-state index in [0.717, 1.165) is 5.47 Å². The van der Waals surface area contributed by atoms with Crippen LogP contribution in [0.25, 0.3) is 0 Å². The Morgan fingerprint density at radius 2 is 1.15 bits per heavy atom.